The summed E-state index contributed by atoms with van der Waals surface area (Å²) in [6.45, 7) is 0.364. The second kappa shape index (κ2) is 9.90. The van der Waals surface area contributed by atoms with Crippen molar-refractivity contribution in [1.82, 2.24) is 5.09 Å². The van der Waals surface area contributed by atoms with Gasteiger partial charge in [-0.25, -0.2) is 0 Å². The fourth-order valence-electron chi connectivity index (χ4n) is 4.48. The van der Waals surface area contributed by atoms with E-state index in [4.69, 9.17) is 18.9 Å². The molecule has 5 atom stereocenters. The molecule has 33 heavy (non-hydrogen) atoms. The van der Waals surface area contributed by atoms with Crippen molar-refractivity contribution in [2.45, 2.75) is 37.3 Å². The molecule has 7 heteroatoms. The summed E-state index contributed by atoms with van der Waals surface area (Å²) in [6, 6.07) is 28.7. The van der Waals surface area contributed by atoms with Gasteiger partial charge in [-0.1, -0.05) is 66.7 Å². The maximum absolute atomic E-state index is 14.6. The van der Waals surface area contributed by atoms with E-state index in [1.807, 2.05) is 91.0 Å². The molecule has 2 aliphatic rings. The number of fused-ring (bicyclic) bond motifs is 1. The van der Waals surface area contributed by atoms with E-state index in [9.17, 15) is 4.57 Å². The molecule has 5 rings (SSSR count). The van der Waals surface area contributed by atoms with Crippen LogP contribution in [0.5, 0.6) is 0 Å². The summed E-state index contributed by atoms with van der Waals surface area (Å²) >= 11 is 0. The maximum atomic E-state index is 14.6. The molecule has 3 aromatic carbocycles. The second-order valence-corrected chi connectivity index (χ2v) is 10.8. The van der Waals surface area contributed by atoms with Crippen molar-refractivity contribution in [3.8, 4) is 0 Å². The van der Waals surface area contributed by atoms with Gasteiger partial charge in [-0.15, -0.1) is 0 Å². The molecular formula is C26H28NO5P. The van der Waals surface area contributed by atoms with Crippen LogP contribution >= 0.6 is 7.29 Å². The van der Waals surface area contributed by atoms with Crippen LogP contribution in [0.15, 0.2) is 91.0 Å². The summed E-state index contributed by atoms with van der Waals surface area (Å²) in [6.07, 6.45) is -1.13. The Hall–Kier alpha value is -2.31. The summed E-state index contributed by atoms with van der Waals surface area (Å²) in [7, 11) is -1.55. The average Bonchev–Trinajstić information content (AvgIpc) is 2.89. The molecule has 0 aliphatic carbocycles. The minimum Gasteiger partial charge on any atom is -0.356 e. The largest absolute Gasteiger partial charge is 0.356 e. The monoisotopic (exact) mass is 465 g/mol. The van der Waals surface area contributed by atoms with E-state index in [0.29, 0.717) is 13.0 Å². The molecule has 3 aromatic rings. The van der Waals surface area contributed by atoms with Gasteiger partial charge in [0.15, 0.2) is 12.6 Å². The number of benzene rings is 3. The molecule has 0 spiro atoms. The van der Waals surface area contributed by atoms with Crippen molar-refractivity contribution >= 4 is 17.9 Å². The Morgan fingerprint density at radius 2 is 1.42 bits per heavy atom. The molecule has 1 N–H and O–H groups in total. The Labute approximate surface area is 194 Å². The first-order chi connectivity index (χ1) is 16.2. The van der Waals surface area contributed by atoms with Gasteiger partial charge in [0.25, 0.3) is 0 Å². The first-order valence-electron chi connectivity index (χ1n) is 11.2. The van der Waals surface area contributed by atoms with Gasteiger partial charge in [0, 0.05) is 35.7 Å². The lowest BCUT2D eigenvalue weighted by Crippen LogP contribution is -2.59. The van der Waals surface area contributed by atoms with Crippen LogP contribution in [0.2, 0.25) is 0 Å². The highest BCUT2D eigenvalue weighted by Crippen LogP contribution is 2.43. The van der Waals surface area contributed by atoms with E-state index in [1.54, 1.807) is 7.11 Å². The predicted octanol–water partition coefficient (Wildman–Crippen LogP) is 3.75. The van der Waals surface area contributed by atoms with Crippen molar-refractivity contribution in [2.24, 2.45) is 0 Å². The number of hydrogen-bond donors (Lipinski definition) is 1. The smallest absolute Gasteiger partial charge is 0.204 e. The van der Waals surface area contributed by atoms with Crippen molar-refractivity contribution < 1.29 is 23.5 Å². The molecule has 0 aromatic heterocycles. The Balaban J connectivity index is 1.48. The maximum Gasteiger partial charge on any atom is 0.204 e. The van der Waals surface area contributed by atoms with Gasteiger partial charge in [-0.3, -0.25) is 9.65 Å². The highest BCUT2D eigenvalue weighted by atomic mass is 31.2. The fraction of sp³-hybridized carbons (Fsp3) is 0.308. The summed E-state index contributed by atoms with van der Waals surface area (Å²) < 4.78 is 38.6. The first kappa shape index (κ1) is 22.5. The zero-order valence-corrected chi connectivity index (χ0v) is 19.3. The summed E-state index contributed by atoms with van der Waals surface area (Å²) in [4.78, 5) is 0. The van der Waals surface area contributed by atoms with Crippen LogP contribution in [-0.2, 0) is 23.5 Å². The molecule has 0 radical (unpaired) electrons. The van der Waals surface area contributed by atoms with Gasteiger partial charge in [0.2, 0.25) is 7.29 Å². The molecule has 0 bridgehead atoms. The molecule has 0 amide bonds. The standard InChI is InChI=1S/C26H28NO5P/c1-29-24-17-22(25-23(31-24)18-30-26(32-25)19-11-5-2-6-12-19)27-33(28,20-13-7-3-8-14-20)21-15-9-4-10-16-21/h2-16,22-26H,17-18H2,1H3,(H,27,28). The van der Waals surface area contributed by atoms with Crippen LogP contribution < -0.4 is 15.7 Å². The molecule has 2 fully saturated rings. The van der Waals surface area contributed by atoms with Crippen molar-refractivity contribution in [3.05, 3.63) is 96.6 Å². The van der Waals surface area contributed by atoms with E-state index in [-0.39, 0.29) is 18.2 Å². The van der Waals surface area contributed by atoms with Crippen LogP contribution in [0.25, 0.3) is 0 Å². The van der Waals surface area contributed by atoms with Crippen LogP contribution in [0.1, 0.15) is 18.3 Å². The van der Waals surface area contributed by atoms with Gasteiger partial charge in [0.05, 0.1) is 6.61 Å². The van der Waals surface area contributed by atoms with Gasteiger partial charge < -0.3 is 18.9 Å². The van der Waals surface area contributed by atoms with E-state index in [1.165, 1.54) is 0 Å². The predicted molar refractivity (Wildman–Crippen MR) is 127 cm³/mol. The van der Waals surface area contributed by atoms with Crippen LogP contribution in [0.3, 0.4) is 0 Å². The molecule has 2 heterocycles. The van der Waals surface area contributed by atoms with Crippen LogP contribution in [-0.4, -0.2) is 38.3 Å². The van der Waals surface area contributed by atoms with Crippen molar-refractivity contribution in [1.29, 1.82) is 0 Å². The second-order valence-electron chi connectivity index (χ2n) is 8.27. The molecule has 6 nitrogen and oxygen atoms in total. The highest BCUT2D eigenvalue weighted by molar-refractivity contribution is 7.76. The van der Waals surface area contributed by atoms with Crippen LogP contribution in [0.4, 0.5) is 0 Å². The summed E-state index contributed by atoms with van der Waals surface area (Å²) in [5.74, 6) is 0. The first-order valence-corrected chi connectivity index (χ1v) is 12.9. The van der Waals surface area contributed by atoms with E-state index in [0.717, 1.165) is 16.2 Å². The lowest BCUT2D eigenvalue weighted by molar-refractivity contribution is -0.318. The molecule has 5 unspecified atom stereocenters. The Morgan fingerprint density at radius 3 is 2.00 bits per heavy atom. The minimum atomic E-state index is -3.17. The normalized spacial score (nSPS) is 27.6. The number of ether oxygens (including phenoxy) is 4. The van der Waals surface area contributed by atoms with Gasteiger partial charge >= 0.3 is 0 Å². The zero-order chi connectivity index (χ0) is 22.7. The van der Waals surface area contributed by atoms with E-state index >= 15 is 0 Å². The summed E-state index contributed by atoms with van der Waals surface area (Å²) in [5, 5.41) is 5.02. The highest BCUT2D eigenvalue weighted by Gasteiger charge is 2.47. The van der Waals surface area contributed by atoms with Gasteiger partial charge in [0.1, 0.15) is 12.2 Å². The molecular weight excluding hydrogens is 437 g/mol. The third kappa shape index (κ3) is 4.69. The summed E-state index contributed by atoms with van der Waals surface area (Å²) in [5.41, 5.74) is 0.942. The SMILES string of the molecule is COC1CC(NP(=O)(c2ccccc2)c2ccccc2)C2OC(c3ccccc3)OCC2O1. The number of methoxy groups -OCH3 is 1. The fourth-order valence-corrected chi connectivity index (χ4v) is 6.98. The van der Waals surface area contributed by atoms with Crippen LogP contribution in [0, 0.1) is 0 Å². The minimum absolute atomic E-state index is 0.268. The van der Waals surface area contributed by atoms with Gasteiger partial charge in [-0.05, 0) is 24.3 Å². The van der Waals surface area contributed by atoms with E-state index < -0.39 is 19.9 Å². The quantitative estimate of drug-likeness (QED) is 0.560. The molecule has 172 valence electrons. The third-order valence-corrected chi connectivity index (χ3v) is 8.90. The Bertz CT molecular complexity index is 1040. The Morgan fingerprint density at radius 1 is 0.848 bits per heavy atom. The lowest BCUT2D eigenvalue weighted by Gasteiger charge is -2.46. The number of nitrogens with one attached hydrogen (secondary N) is 1. The molecule has 0 saturated carbocycles. The van der Waals surface area contributed by atoms with Crippen molar-refractivity contribution in [3.63, 3.8) is 0 Å². The van der Waals surface area contributed by atoms with E-state index in [2.05, 4.69) is 5.09 Å². The number of rotatable bonds is 6. The average molecular weight is 465 g/mol. The molecule has 2 aliphatic heterocycles. The van der Waals surface area contributed by atoms with Crippen molar-refractivity contribution in [2.75, 3.05) is 13.7 Å². The zero-order valence-electron chi connectivity index (χ0n) is 18.4. The third-order valence-electron chi connectivity index (χ3n) is 6.15. The lowest BCUT2D eigenvalue weighted by atomic mass is 9.98. The van der Waals surface area contributed by atoms with Gasteiger partial charge in [-0.2, -0.15) is 0 Å². The number of hydrogen-bond acceptors (Lipinski definition) is 5. The molecule has 2 saturated heterocycles. The topological polar surface area (TPSA) is 66.0 Å². The Kier molecular flexibility index (Phi) is 6.74.